The zero-order valence-electron chi connectivity index (χ0n) is 9.56. The largest absolute Gasteiger partial charge is 0.492 e. The van der Waals surface area contributed by atoms with Gasteiger partial charge in [-0.15, -0.1) is 23.2 Å². The average molecular weight is 263 g/mol. The fourth-order valence-electron chi connectivity index (χ4n) is 1.37. The lowest BCUT2D eigenvalue weighted by Gasteiger charge is -2.13. The van der Waals surface area contributed by atoms with E-state index in [1.165, 1.54) is 0 Å². The second-order valence-electron chi connectivity index (χ2n) is 3.46. The van der Waals surface area contributed by atoms with Crippen LogP contribution in [-0.2, 0) is 0 Å². The van der Waals surface area contributed by atoms with E-state index in [1.807, 2.05) is 26.0 Å². The molecule has 0 unspecified atom stereocenters. The molecule has 0 amide bonds. The number of aryl methyl sites for hydroxylation is 2. The third-order valence-corrected chi connectivity index (χ3v) is 2.45. The van der Waals surface area contributed by atoms with Crippen molar-refractivity contribution in [2.24, 2.45) is 0 Å². The van der Waals surface area contributed by atoms with Crippen LogP contribution < -0.4 is 9.47 Å². The molecule has 2 nitrogen and oxygen atoms in total. The molecule has 1 rings (SSSR count). The second kappa shape index (κ2) is 6.87. The van der Waals surface area contributed by atoms with Crippen LogP contribution in [0, 0.1) is 13.8 Å². The van der Waals surface area contributed by atoms with Crippen LogP contribution >= 0.6 is 23.2 Å². The summed E-state index contributed by atoms with van der Waals surface area (Å²) < 4.78 is 11.0. The summed E-state index contributed by atoms with van der Waals surface area (Å²) in [6, 6.07) is 3.93. The molecule has 0 radical (unpaired) electrons. The number of alkyl halides is 2. The third-order valence-electron chi connectivity index (χ3n) is 2.14. The molecule has 1 aromatic carbocycles. The maximum atomic E-state index is 5.58. The second-order valence-corrected chi connectivity index (χ2v) is 4.21. The van der Waals surface area contributed by atoms with E-state index in [0.29, 0.717) is 25.0 Å². The number of benzene rings is 1. The molecule has 0 aliphatic carbocycles. The van der Waals surface area contributed by atoms with Gasteiger partial charge in [0.25, 0.3) is 0 Å². The van der Waals surface area contributed by atoms with Crippen LogP contribution in [0.4, 0.5) is 0 Å². The molecule has 16 heavy (non-hydrogen) atoms. The quantitative estimate of drug-likeness (QED) is 0.731. The molecule has 0 saturated heterocycles. The SMILES string of the molecule is Cc1cc(OCCCl)c(C)cc1OCCCl. The van der Waals surface area contributed by atoms with E-state index in [4.69, 9.17) is 32.7 Å². The summed E-state index contributed by atoms with van der Waals surface area (Å²) in [5.74, 6) is 2.69. The van der Waals surface area contributed by atoms with E-state index < -0.39 is 0 Å². The van der Waals surface area contributed by atoms with E-state index in [2.05, 4.69) is 0 Å². The zero-order valence-corrected chi connectivity index (χ0v) is 11.1. The molecule has 0 heterocycles. The summed E-state index contributed by atoms with van der Waals surface area (Å²) in [5.41, 5.74) is 2.08. The molecular formula is C12H16Cl2O2. The van der Waals surface area contributed by atoms with E-state index in [0.717, 1.165) is 22.6 Å². The monoisotopic (exact) mass is 262 g/mol. The minimum absolute atomic E-state index is 0.489. The van der Waals surface area contributed by atoms with Crippen LogP contribution in [0.25, 0.3) is 0 Å². The van der Waals surface area contributed by atoms with Gasteiger partial charge in [-0.3, -0.25) is 0 Å². The predicted molar refractivity (Wildman–Crippen MR) is 68.3 cm³/mol. The highest BCUT2D eigenvalue weighted by molar-refractivity contribution is 6.18. The normalized spacial score (nSPS) is 10.2. The molecule has 0 aliphatic heterocycles. The smallest absolute Gasteiger partial charge is 0.122 e. The van der Waals surface area contributed by atoms with E-state index in [9.17, 15) is 0 Å². The summed E-state index contributed by atoms with van der Waals surface area (Å²) in [7, 11) is 0. The molecule has 0 fully saturated rings. The Morgan fingerprint density at radius 2 is 1.25 bits per heavy atom. The summed E-state index contributed by atoms with van der Waals surface area (Å²) in [6.45, 7) is 5.00. The standard InChI is InChI=1S/C12H16Cl2O2/c1-9-7-12(16-6-4-14)10(2)8-11(9)15-5-3-13/h7-8H,3-6H2,1-2H3. The molecule has 0 saturated carbocycles. The van der Waals surface area contributed by atoms with Crippen LogP contribution in [0.1, 0.15) is 11.1 Å². The zero-order chi connectivity index (χ0) is 12.0. The number of rotatable bonds is 6. The number of hydrogen-bond acceptors (Lipinski definition) is 2. The Morgan fingerprint density at radius 1 is 0.875 bits per heavy atom. The summed E-state index contributed by atoms with van der Waals surface area (Å²) >= 11 is 11.2. The highest BCUT2D eigenvalue weighted by Crippen LogP contribution is 2.27. The number of hydrogen-bond donors (Lipinski definition) is 0. The molecule has 0 aliphatic rings. The van der Waals surface area contributed by atoms with Crippen molar-refractivity contribution in [3.8, 4) is 11.5 Å². The van der Waals surface area contributed by atoms with Crippen molar-refractivity contribution >= 4 is 23.2 Å². The van der Waals surface area contributed by atoms with Crippen molar-refractivity contribution in [1.82, 2.24) is 0 Å². The first-order chi connectivity index (χ1) is 7.69. The lowest BCUT2D eigenvalue weighted by Crippen LogP contribution is -2.03. The lowest BCUT2D eigenvalue weighted by atomic mass is 10.1. The van der Waals surface area contributed by atoms with Crippen molar-refractivity contribution in [3.63, 3.8) is 0 Å². The van der Waals surface area contributed by atoms with Crippen molar-refractivity contribution in [3.05, 3.63) is 23.3 Å². The molecule has 90 valence electrons. The van der Waals surface area contributed by atoms with Crippen LogP contribution in [0.3, 0.4) is 0 Å². The predicted octanol–water partition coefficient (Wildman–Crippen LogP) is 3.54. The van der Waals surface area contributed by atoms with Crippen molar-refractivity contribution in [2.45, 2.75) is 13.8 Å². The first-order valence-electron chi connectivity index (χ1n) is 5.17. The van der Waals surface area contributed by atoms with Gasteiger partial charge >= 0.3 is 0 Å². The van der Waals surface area contributed by atoms with Gasteiger partial charge in [0.05, 0.1) is 11.8 Å². The Labute approximate surface area is 106 Å². The van der Waals surface area contributed by atoms with Gasteiger partial charge in [0.1, 0.15) is 24.7 Å². The Morgan fingerprint density at radius 3 is 1.56 bits per heavy atom. The maximum Gasteiger partial charge on any atom is 0.122 e. The molecule has 0 N–H and O–H groups in total. The summed E-state index contributed by atoms with van der Waals surface area (Å²) in [6.07, 6.45) is 0. The lowest BCUT2D eigenvalue weighted by molar-refractivity contribution is 0.329. The fourth-order valence-corrected chi connectivity index (χ4v) is 1.53. The van der Waals surface area contributed by atoms with Gasteiger partial charge in [0, 0.05) is 0 Å². The van der Waals surface area contributed by atoms with Gasteiger partial charge in [-0.1, -0.05) is 0 Å². The van der Waals surface area contributed by atoms with Crippen LogP contribution in [0.2, 0.25) is 0 Å². The molecule has 0 aromatic heterocycles. The first kappa shape index (κ1) is 13.5. The molecule has 0 atom stereocenters. The first-order valence-corrected chi connectivity index (χ1v) is 6.24. The fraction of sp³-hybridized carbons (Fsp3) is 0.500. The van der Waals surface area contributed by atoms with E-state index >= 15 is 0 Å². The number of ether oxygens (including phenoxy) is 2. The van der Waals surface area contributed by atoms with Crippen molar-refractivity contribution < 1.29 is 9.47 Å². The molecule has 0 bridgehead atoms. The van der Waals surface area contributed by atoms with Crippen molar-refractivity contribution in [2.75, 3.05) is 25.0 Å². The molecule has 1 aromatic rings. The topological polar surface area (TPSA) is 18.5 Å². The Bertz CT molecular complexity index is 306. The maximum absolute atomic E-state index is 5.58. The van der Waals surface area contributed by atoms with Gasteiger partial charge in [-0.05, 0) is 37.1 Å². The Balaban J connectivity index is 2.79. The summed E-state index contributed by atoms with van der Waals surface area (Å²) in [4.78, 5) is 0. The average Bonchev–Trinajstić information content (AvgIpc) is 2.28. The van der Waals surface area contributed by atoms with Gasteiger partial charge in [-0.2, -0.15) is 0 Å². The van der Waals surface area contributed by atoms with Gasteiger partial charge in [0.15, 0.2) is 0 Å². The van der Waals surface area contributed by atoms with E-state index in [-0.39, 0.29) is 0 Å². The highest BCUT2D eigenvalue weighted by atomic mass is 35.5. The molecule has 0 spiro atoms. The molecule has 4 heteroatoms. The van der Waals surface area contributed by atoms with Crippen LogP contribution in [0.15, 0.2) is 12.1 Å². The van der Waals surface area contributed by atoms with Crippen molar-refractivity contribution in [1.29, 1.82) is 0 Å². The summed E-state index contributed by atoms with van der Waals surface area (Å²) in [5, 5.41) is 0. The minimum atomic E-state index is 0.489. The van der Waals surface area contributed by atoms with Crippen LogP contribution in [0.5, 0.6) is 11.5 Å². The third kappa shape index (κ3) is 3.76. The number of halogens is 2. The van der Waals surface area contributed by atoms with Crippen LogP contribution in [-0.4, -0.2) is 25.0 Å². The van der Waals surface area contributed by atoms with Gasteiger partial charge in [0.2, 0.25) is 0 Å². The van der Waals surface area contributed by atoms with E-state index in [1.54, 1.807) is 0 Å². The minimum Gasteiger partial charge on any atom is -0.492 e. The van der Waals surface area contributed by atoms with Gasteiger partial charge in [-0.25, -0.2) is 0 Å². The highest BCUT2D eigenvalue weighted by Gasteiger charge is 2.06. The van der Waals surface area contributed by atoms with Gasteiger partial charge < -0.3 is 9.47 Å². The molecular weight excluding hydrogens is 247 g/mol. The Kier molecular flexibility index (Phi) is 5.78. The Hall–Kier alpha value is -0.600.